The molecule has 0 spiro atoms. The zero-order valence-corrected chi connectivity index (χ0v) is 12.2. The molecule has 1 unspecified atom stereocenters. The van der Waals surface area contributed by atoms with Crippen LogP contribution in [0.15, 0.2) is 30.3 Å². The molecule has 0 saturated heterocycles. The summed E-state index contributed by atoms with van der Waals surface area (Å²) in [6.07, 6.45) is 3.67. The van der Waals surface area contributed by atoms with E-state index in [2.05, 4.69) is 61.4 Å². The molecule has 1 rings (SSSR count). The van der Waals surface area contributed by atoms with Crippen LogP contribution in [0.2, 0.25) is 0 Å². The lowest BCUT2D eigenvalue weighted by atomic mass is 10.1. The molecule has 0 heterocycles. The Kier molecular flexibility index (Phi) is 7.70. The predicted molar refractivity (Wildman–Crippen MR) is 80.0 cm³/mol. The van der Waals surface area contributed by atoms with Gasteiger partial charge in [-0.25, -0.2) is 0 Å². The van der Waals surface area contributed by atoms with Gasteiger partial charge < -0.3 is 10.2 Å². The molecule has 2 nitrogen and oxygen atoms in total. The van der Waals surface area contributed by atoms with Crippen molar-refractivity contribution in [2.75, 3.05) is 26.7 Å². The fourth-order valence-corrected chi connectivity index (χ4v) is 2.11. The number of hydrogen-bond acceptors (Lipinski definition) is 2. The predicted octanol–water partition coefficient (Wildman–Crippen LogP) is 2.94. The molecule has 0 radical (unpaired) electrons. The number of nitrogens with one attached hydrogen (secondary N) is 1. The first-order valence-corrected chi connectivity index (χ1v) is 7.18. The van der Waals surface area contributed by atoms with Gasteiger partial charge in [-0.1, -0.05) is 43.7 Å². The minimum absolute atomic E-state index is 0.650. The Morgan fingerprint density at radius 3 is 2.56 bits per heavy atom. The third-order valence-corrected chi connectivity index (χ3v) is 3.33. The Balaban J connectivity index is 2.09. The summed E-state index contributed by atoms with van der Waals surface area (Å²) in [5, 5.41) is 3.57. The van der Waals surface area contributed by atoms with Crippen molar-refractivity contribution in [3.8, 4) is 0 Å². The van der Waals surface area contributed by atoms with Crippen molar-refractivity contribution in [3.63, 3.8) is 0 Å². The Morgan fingerprint density at radius 2 is 1.89 bits per heavy atom. The molecule has 0 aliphatic rings. The second-order valence-corrected chi connectivity index (χ2v) is 5.18. The van der Waals surface area contributed by atoms with Gasteiger partial charge >= 0.3 is 0 Å². The van der Waals surface area contributed by atoms with Gasteiger partial charge in [0.05, 0.1) is 0 Å². The highest BCUT2D eigenvalue weighted by Crippen LogP contribution is 2.00. The second-order valence-electron chi connectivity index (χ2n) is 5.18. The molecule has 0 amide bonds. The molecule has 0 aliphatic carbocycles. The standard InChI is InChI=1S/C16H28N2/c1-4-8-15(2)17-12-14-18(3)13-11-16-9-6-5-7-10-16/h5-7,9-10,15,17H,4,8,11-14H2,1-3H3. The molecule has 1 aromatic rings. The van der Waals surface area contributed by atoms with E-state index in [0.29, 0.717) is 6.04 Å². The fourth-order valence-electron chi connectivity index (χ4n) is 2.11. The van der Waals surface area contributed by atoms with E-state index in [9.17, 15) is 0 Å². The third kappa shape index (κ3) is 6.77. The van der Waals surface area contributed by atoms with Gasteiger partial charge in [-0.15, -0.1) is 0 Å². The van der Waals surface area contributed by atoms with Crippen molar-refractivity contribution in [1.82, 2.24) is 10.2 Å². The number of nitrogens with zero attached hydrogens (tertiary/aromatic N) is 1. The van der Waals surface area contributed by atoms with Gasteiger partial charge in [-0.05, 0) is 32.4 Å². The van der Waals surface area contributed by atoms with E-state index in [4.69, 9.17) is 0 Å². The average molecular weight is 248 g/mol. The summed E-state index contributed by atoms with van der Waals surface area (Å²) in [6, 6.07) is 11.4. The maximum absolute atomic E-state index is 3.57. The van der Waals surface area contributed by atoms with Crippen LogP contribution in [0.5, 0.6) is 0 Å². The van der Waals surface area contributed by atoms with Gasteiger partial charge in [0.15, 0.2) is 0 Å². The van der Waals surface area contributed by atoms with Gasteiger partial charge in [0, 0.05) is 25.7 Å². The summed E-state index contributed by atoms with van der Waals surface area (Å²) in [6.45, 7) is 7.86. The molecular weight excluding hydrogens is 220 g/mol. The van der Waals surface area contributed by atoms with Gasteiger partial charge in [-0.2, -0.15) is 0 Å². The van der Waals surface area contributed by atoms with E-state index in [-0.39, 0.29) is 0 Å². The minimum atomic E-state index is 0.650. The fraction of sp³-hybridized carbons (Fsp3) is 0.625. The summed E-state index contributed by atoms with van der Waals surface area (Å²) >= 11 is 0. The molecule has 102 valence electrons. The largest absolute Gasteiger partial charge is 0.313 e. The van der Waals surface area contributed by atoms with E-state index in [1.54, 1.807) is 0 Å². The molecule has 0 fully saturated rings. The number of rotatable bonds is 9. The van der Waals surface area contributed by atoms with Crippen LogP contribution in [0.1, 0.15) is 32.3 Å². The quantitative estimate of drug-likeness (QED) is 0.723. The van der Waals surface area contributed by atoms with Crippen LogP contribution in [0.25, 0.3) is 0 Å². The summed E-state index contributed by atoms with van der Waals surface area (Å²) < 4.78 is 0. The molecule has 0 bridgehead atoms. The lowest BCUT2D eigenvalue weighted by Gasteiger charge is -2.19. The molecule has 18 heavy (non-hydrogen) atoms. The molecule has 1 atom stereocenters. The van der Waals surface area contributed by atoms with E-state index >= 15 is 0 Å². The molecule has 0 saturated carbocycles. The van der Waals surface area contributed by atoms with Crippen molar-refractivity contribution in [1.29, 1.82) is 0 Å². The Bertz CT molecular complexity index is 297. The molecule has 0 aromatic heterocycles. The highest BCUT2D eigenvalue weighted by Gasteiger charge is 2.01. The summed E-state index contributed by atoms with van der Waals surface area (Å²) in [5.41, 5.74) is 1.43. The van der Waals surface area contributed by atoms with Gasteiger partial charge in [0.25, 0.3) is 0 Å². The van der Waals surface area contributed by atoms with Gasteiger partial charge in [0.2, 0.25) is 0 Å². The highest BCUT2D eigenvalue weighted by atomic mass is 15.1. The van der Waals surface area contributed by atoms with Crippen LogP contribution in [-0.4, -0.2) is 37.6 Å². The van der Waals surface area contributed by atoms with Gasteiger partial charge in [-0.3, -0.25) is 0 Å². The maximum Gasteiger partial charge on any atom is 0.0104 e. The highest BCUT2D eigenvalue weighted by molar-refractivity contribution is 5.14. The Labute approximate surface area is 112 Å². The molecular formula is C16H28N2. The van der Waals surface area contributed by atoms with Crippen molar-refractivity contribution in [2.24, 2.45) is 0 Å². The Hall–Kier alpha value is -0.860. The summed E-state index contributed by atoms with van der Waals surface area (Å²) in [5.74, 6) is 0. The van der Waals surface area contributed by atoms with E-state index in [1.165, 1.54) is 18.4 Å². The maximum atomic E-state index is 3.57. The second kappa shape index (κ2) is 9.12. The van der Waals surface area contributed by atoms with Crippen LogP contribution < -0.4 is 5.32 Å². The summed E-state index contributed by atoms with van der Waals surface area (Å²) in [4.78, 5) is 2.40. The van der Waals surface area contributed by atoms with Crippen molar-refractivity contribution >= 4 is 0 Å². The summed E-state index contributed by atoms with van der Waals surface area (Å²) in [7, 11) is 2.20. The molecule has 1 aromatic carbocycles. The first-order valence-electron chi connectivity index (χ1n) is 7.18. The van der Waals surface area contributed by atoms with Crippen LogP contribution in [0, 0.1) is 0 Å². The number of hydrogen-bond donors (Lipinski definition) is 1. The topological polar surface area (TPSA) is 15.3 Å². The number of likely N-dealkylation sites (N-methyl/N-ethyl adjacent to an activating group) is 1. The smallest absolute Gasteiger partial charge is 0.0104 e. The van der Waals surface area contributed by atoms with Gasteiger partial charge in [0.1, 0.15) is 0 Å². The lowest BCUT2D eigenvalue weighted by Crippen LogP contribution is -2.35. The first-order chi connectivity index (χ1) is 8.72. The van der Waals surface area contributed by atoms with E-state index in [0.717, 1.165) is 26.1 Å². The van der Waals surface area contributed by atoms with Crippen LogP contribution >= 0.6 is 0 Å². The zero-order valence-electron chi connectivity index (χ0n) is 12.2. The van der Waals surface area contributed by atoms with Crippen molar-refractivity contribution in [3.05, 3.63) is 35.9 Å². The SMILES string of the molecule is CCCC(C)NCCN(C)CCc1ccccc1. The lowest BCUT2D eigenvalue weighted by molar-refractivity contribution is 0.327. The molecule has 1 N–H and O–H groups in total. The average Bonchev–Trinajstić information content (AvgIpc) is 2.38. The Morgan fingerprint density at radius 1 is 1.17 bits per heavy atom. The van der Waals surface area contributed by atoms with Crippen LogP contribution in [-0.2, 0) is 6.42 Å². The van der Waals surface area contributed by atoms with Crippen LogP contribution in [0.3, 0.4) is 0 Å². The normalized spacial score (nSPS) is 12.9. The van der Waals surface area contributed by atoms with E-state index in [1.807, 2.05) is 0 Å². The minimum Gasteiger partial charge on any atom is -0.313 e. The molecule has 2 heteroatoms. The van der Waals surface area contributed by atoms with Crippen molar-refractivity contribution < 1.29 is 0 Å². The van der Waals surface area contributed by atoms with E-state index < -0.39 is 0 Å². The first kappa shape index (κ1) is 15.2. The number of benzene rings is 1. The van der Waals surface area contributed by atoms with Crippen molar-refractivity contribution in [2.45, 2.75) is 39.2 Å². The third-order valence-electron chi connectivity index (χ3n) is 3.33. The monoisotopic (exact) mass is 248 g/mol. The van der Waals surface area contributed by atoms with Crippen LogP contribution in [0.4, 0.5) is 0 Å². The zero-order chi connectivity index (χ0) is 13.2. The molecule has 0 aliphatic heterocycles.